The van der Waals surface area contributed by atoms with E-state index in [1.54, 1.807) is 0 Å². The molecule has 8 nitrogen and oxygen atoms in total. The summed E-state index contributed by atoms with van der Waals surface area (Å²) in [6.07, 6.45) is 19.7. The average molecular weight is 612 g/mol. The molecule has 3 aromatic rings. The van der Waals surface area contributed by atoms with Crippen LogP contribution in [0.3, 0.4) is 0 Å². The van der Waals surface area contributed by atoms with E-state index in [4.69, 9.17) is 10.8 Å². The molecule has 2 heterocycles. The summed E-state index contributed by atoms with van der Waals surface area (Å²) >= 11 is 0. The summed E-state index contributed by atoms with van der Waals surface area (Å²) in [6, 6.07) is 16.7. The normalized spacial score (nSPS) is 20.3. The highest BCUT2D eigenvalue weighted by molar-refractivity contribution is 5.87. The molecule has 2 aromatic carbocycles. The lowest BCUT2D eigenvalue weighted by Crippen LogP contribution is -2.48. The molecule has 0 saturated carbocycles. The monoisotopic (exact) mass is 611 g/mol. The number of aliphatic hydroxyl groups excluding tert-OH is 1. The van der Waals surface area contributed by atoms with E-state index in [1.165, 1.54) is 60.1 Å². The molecule has 0 spiro atoms. The van der Waals surface area contributed by atoms with Crippen LogP contribution in [-0.2, 0) is 4.79 Å². The molecule has 0 amide bonds. The highest BCUT2D eigenvalue weighted by atomic mass is 16.4. The van der Waals surface area contributed by atoms with Gasteiger partial charge in [0.2, 0.25) is 0 Å². The van der Waals surface area contributed by atoms with Crippen LogP contribution in [0.4, 0.5) is 5.82 Å². The Labute approximate surface area is 266 Å². The molecule has 4 atom stereocenters. The minimum Gasteiger partial charge on any atom is -0.478 e. The number of hydrogen-bond donors (Lipinski definition) is 6. The third kappa shape index (κ3) is 9.01. The second-order valence-electron chi connectivity index (χ2n) is 12.6. The van der Waals surface area contributed by atoms with Crippen LogP contribution in [0.25, 0.3) is 16.8 Å². The molecular formula is C37H49N5O3. The first-order chi connectivity index (χ1) is 22.0. The molecule has 4 unspecified atom stereocenters. The number of nitrogens with one attached hydrogen (secondary N) is 3. The fourth-order valence-corrected chi connectivity index (χ4v) is 7.09. The zero-order valence-electron chi connectivity index (χ0n) is 26.3. The third-order valence-electron chi connectivity index (χ3n) is 9.37. The number of aromatic nitrogens is 1. The van der Waals surface area contributed by atoms with Crippen LogP contribution in [0.5, 0.6) is 0 Å². The van der Waals surface area contributed by atoms with Crippen molar-refractivity contribution < 1.29 is 15.0 Å². The predicted octanol–water partition coefficient (Wildman–Crippen LogP) is 6.96. The second kappa shape index (κ2) is 16.3. The van der Waals surface area contributed by atoms with Crippen molar-refractivity contribution in [3.8, 4) is 0 Å². The molecule has 0 fully saturated rings. The number of aliphatic imine (C=N–C) groups is 1. The van der Waals surface area contributed by atoms with Crippen LogP contribution in [0.15, 0.2) is 77.4 Å². The summed E-state index contributed by atoms with van der Waals surface area (Å²) < 4.78 is 0. The van der Waals surface area contributed by atoms with Gasteiger partial charge < -0.3 is 31.6 Å². The maximum atomic E-state index is 12.2. The molecule has 240 valence electrons. The Bertz CT molecular complexity index is 1480. The lowest BCUT2D eigenvalue weighted by atomic mass is 9.72. The van der Waals surface area contributed by atoms with Crippen LogP contribution >= 0.6 is 0 Å². The van der Waals surface area contributed by atoms with Gasteiger partial charge in [-0.15, -0.1) is 0 Å². The fourth-order valence-electron chi connectivity index (χ4n) is 7.09. The van der Waals surface area contributed by atoms with E-state index in [2.05, 4.69) is 69.2 Å². The van der Waals surface area contributed by atoms with E-state index in [1.807, 2.05) is 18.3 Å². The SMILES string of the molecule is NC1=NCCC(C(=CC(=O)O)C(CC2C=Cc3cc4ccccc4cc3C2CCCCCCCCCCO)Nc2ccc[nH]2)N1. The number of benzene rings is 2. The van der Waals surface area contributed by atoms with Crippen LogP contribution in [0.1, 0.15) is 87.7 Å². The molecule has 0 bridgehead atoms. The number of anilines is 1. The summed E-state index contributed by atoms with van der Waals surface area (Å²) in [5.41, 5.74) is 9.53. The number of fused-ring (bicyclic) bond motifs is 2. The summed E-state index contributed by atoms with van der Waals surface area (Å²) in [7, 11) is 0. The smallest absolute Gasteiger partial charge is 0.328 e. The summed E-state index contributed by atoms with van der Waals surface area (Å²) in [5, 5.41) is 28.4. The van der Waals surface area contributed by atoms with E-state index < -0.39 is 5.97 Å². The van der Waals surface area contributed by atoms with E-state index in [0.29, 0.717) is 31.4 Å². The van der Waals surface area contributed by atoms with Gasteiger partial charge in [-0.05, 0) is 83.2 Å². The first kappa shape index (κ1) is 32.4. The van der Waals surface area contributed by atoms with Crippen LogP contribution in [0, 0.1) is 5.92 Å². The molecule has 2 aliphatic rings. The van der Waals surface area contributed by atoms with Gasteiger partial charge in [0.25, 0.3) is 0 Å². The first-order valence-corrected chi connectivity index (χ1v) is 16.7. The Balaban J connectivity index is 1.39. The Hall–Kier alpha value is -4.04. The number of nitrogens with zero attached hydrogens (tertiary/aromatic N) is 1. The van der Waals surface area contributed by atoms with Gasteiger partial charge in [0.1, 0.15) is 5.82 Å². The van der Waals surface area contributed by atoms with Crippen LogP contribution in [-0.4, -0.2) is 52.4 Å². The van der Waals surface area contributed by atoms with Crippen molar-refractivity contribution in [1.82, 2.24) is 10.3 Å². The number of aliphatic carboxylic acids is 1. The second-order valence-corrected chi connectivity index (χ2v) is 12.6. The number of aliphatic hydroxyl groups is 1. The number of unbranched alkanes of at least 4 members (excludes halogenated alkanes) is 7. The molecule has 1 aliphatic heterocycles. The van der Waals surface area contributed by atoms with Crippen molar-refractivity contribution in [2.75, 3.05) is 18.5 Å². The minimum atomic E-state index is -0.963. The zero-order chi connectivity index (χ0) is 31.4. The maximum Gasteiger partial charge on any atom is 0.328 e. The standard InChI is InChI=1S/C37H49N5O3/c38-37-40-20-18-33(42-37)32(25-36(44)45)34(41-35-15-11-19-39-35)24-29-17-16-28-22-26-12-8-9-13-27(26)23-31(28)30(29)14-7-5-3-1-2-4-6-10-21-43/h8-9,11-13,15-17,19,22-23,25,29-30,33-34,39,41,43H,1-7,10,14,18,20-21,24H2,(H,44,45)(H3,38,40,42). The Morgan fingerprint density at radius 1 is 1.02 bits per heavy atom. The molecule has 0 saturated heterocycles. The highest BCUT2D eigenvalue weighted by Crippen LogP contribution is 2.43. The van der Waals surface area contributed by atoms with Gasteiger partial charge in [0.05, 0.1) is 12.1 Å². The molecule has 8 heteroatoms. The number of carboxylic acids is 1. The molecule has 0 radical (unpaired) electrons. The predicted molar refractivity (Wildman–Crippen MR) is 184 cm³/mol. The third-order valence-corrected chi connectivity index (χ3v) is 9.37. The lowest BCUT2D eigenvalue weighted by molar-refractivity contribution is -0.131. The van der Waals surface area contributed by atoms with Crippen LogP contribution in [0.2, 0.25) is 0 Å². The molecule has 5 rings (SSSR count). The molecule has 7 N–H and O–H groups in total. The lowest BCUT2D eigenvalue weighted by Gasteiger charge is -2.36. The van der Waals surface area contributed by atoms with Gasteiger partial charge in [0.15, 0.2) is 5.96 Å². The fraction of sp³-hybridized carbons (Fsp3) is 0.459. The largest absolute Gasteiger partial charge is 0.478 e. The van der Waals surface area contributed by atoms with Gasteiger partial charge in [-0.25, -0.2) is 4.79 Å². The van der Waals surface area contributed by atoms with Gasteiger partial charge in [-0.2, -0.15) is 0 Å². The summed E-state index contributed by atoms with van der Waals surface area (Å²) in [4.78, 5) is 19.7. The number of aromatic amines is 1. The van der Waals surface area contributed by atoms with E-state index in [9.17, 15) is 9.90 Å². The van der Waals surface area contributed by atoms with E-state index >= 15 is 0 Å². The molecule has 1 aromatic heterocycles. The van der Waals surface area contributed by atoms with Crippen molar-refractivity contribution >= 4 is 34.6 Å². The summed E-state index contributed by atoms with van der Waals surface area (Å²) in [6.45, 7) is 0.853. The quantitative estimate of drug-likeness (QED) is 0.0722. The average Bonchev–Trinajstić information content (AvgIpc) is 3.55. The van der Waals surface area contributed by atoms with Crippen molar-refractivity contribution in [3.63, 3.8) is 0 Å². The first-order valence-electron chi connectivity index (χ1n) is 16.7. The van der Waals surface area contributed by atoms with Gasteiger partial charge in [-0.3, -0.25) is 4.99 Å². The minimum absolute atomic E-state index is 0.217. The number of rotatable bonds is 17. The number of guanidine groups is 1. The summed E-state index contributed by atoms with van der Waals surface area (Å²) in [5.74, 6) is 0.789. The number of carbonyl (C=O) groups is 1. The number of nitrogens with two attached hydrogens (primary N) is 1. The molecule has 1 aliphatic carbocycles. The van der Waals surface area contributed by atoms with Crippen molar-refractivity contribution in [2.24, 2.45) is 16.6 Å². The van der Waals surface area contributed by atoms with Gasteiger partial charge >= 0.3 is 5.97 Å². The van der Waals surface area contributed by atoms with Crippen LogP contribution < -0.4 is 16.4 Å². The number of H-pyrrole nitrogens is 1. The molecule has 45 heavy (non-hydrogen) atoms. The maximum absolute atomic E-state index is 12.2. The Kier molecular flexibility index (Phi) is 11.7. The Morgan fingerprint density at radius 2 is 1.76 bits per heavy atom. The van der Waals surface area contributed by atoms with Crippen molar-refractivity contribution in [3.05, 3.63) is 83.6 Å². The Morgan fingerprint density at radius 3 is 2.44 bits per heavy atom. The topological polar surface area (TPSA) is 136 Å². The highest BCUT2D eigenvalue weighted by Gasteiger charge is 2.33. The van der Waals surface area contributed by atoms with E-state index in [0.717, 1.165) is 43.5 Å². The van der Waals surface area contributed by atoms with Gasteiger partial charge in [0, 0.05) is 25.4 Å². The number of allylic oxidation sites excluding steroid dienone is 1. The van der Waals surface area contributed by atoms with Crippen molar-refractivity contribution in [2.45, 2.75) is 88.6 Å². The number of hydrogen-bond acceptors (Lipinski definition) is 6. The number of carboxylic acid groups (broad SMARTS) is 1. The molecular weight excluding hydrogens is 562 g/mol. The zero-order valence-corrected chi connectivity index (χ0v) is 26.3. The van der Waals surface area contributed by atoms with Crippen molar-refractivity contribution in [1.29, 1.82) is 0 Å². The van der Waals surface area contributed by atoms with Gasteiger partial charge in [-0.1, -0.05) is 87.4 Å². The van der Waals surface area contributed by atoms with E-state index in [-0.39, 0.29) is 18.0 Å².